The lowest BCUT2D eigenvalue weighted by Crippen LogP contribution is -2.28. The van der Waals surface area contributed by atoms with Crippen LogP contribution in [0.2, 0.25) is 15.1 Å². The molecule has 1 amide bonds. The number of benzene rings is 2. The molecule has 0 saturated carbocycles. The predicted octanol–water partition coefficient (Wildman–Crippen LogP) is 3.85. The van der Waals surface area contributed by atoms with Gasteiger partial charge in [0, 0.05) is 5.02 Å². The molecule has 0 radical (unpaired) electrons. The van der Waals surface area contributed by atoms with Gasteiger partial charge in [0.05, 0.1) is 33.0 Å². The highest BCUT2D eigenvalue weighted by molar-refractivity contribution is 6.42. The molecule has 10 heteroatoms. The molecule has 1 N–H and O–H groups in total. The van der Waals surface area contributed by atoms with Crippen molar-refractivity contribution in [2.75, 3.05) is 11.9 Å². The Labute approximate surface area is 180 Å². The number of anilines is 1. The molecule has 0 aliphatic heterocycles. The number of carbonyl (C=O) groups is 2. The summed E-state index contributed by atoms with van der Waals surface area (Å²) < 4.78 is 6.04. The van der Waals surface area contributed by atoms with Crippen LogP contribution in [0.5, 0.6) is 0 Å². The second-order valence-electron chi connectivity index (χ2n) is 6.10. The van der Waals surface area contributed by atoms with Crippen LogP contribution in [0, 0.1) is 6.92 Å². The normalized spacial score (nSPS) is 10.8. The van der Waals surface area contributed by atoms with Crippen molar-refractivity contribution in [1.82, 2.24) is 9.55 Å². The van der Waals surface area contributed by atoms with E-state index >= 15 is 0 Å². The van der Waals surface area contributed by atoms with Crippen LogP contribution >= 0.6 is 34.8 Å². The van der Waals surface area contributed by atoms with Crippen molar-refractivity contribution >= 4 is 63.3 Å². The van der Waals surface area contributed by atoms with Crippen molar-refractivity contribution in [2.24, 2.45) is 0 Å². The topological polar surface area (TPSA) is 90.3 Å². The molecule has 7 nitrogen and oxygen atoms in total. The maximum absolute atomic E-state index is 12.5. The van der Waals surface area contributed by atoms with Crippen LogP contribution in [0.3, 0.4) is 0 Å². The fourth-order valence-corrected chi connectivity index (χ4v) is 3.53. The first kappa shape index (κ1) is 21.1. The molecule has 1 heterocycles. The third kappa shape index (κ3) is 4.87. The molecule has 2 aromatic carbocycles. The van der Waals surface area contributed by atoms with Crippen LogP contribution in [-0.4, -0.2) is 28.0 Å². The highest BCUT2D eigenvalue weighted by Crippen LogP contribution is 2.33. The molecule has 3 aromatic rings. The van der Waals surface area contributed by atoms with Crippen LogP contribution < -0.4 is 10.9 Å². The molecule has 0 fully saturated rings. The summed E-state index contributed by atoms with van der Waals surface area (Å²) >= 11 is 17.8. The molecule has 0 bridgehead atoms. The molecule has 0 atom stereocenters. The Balaban J connectivity index is 1.63. The Kier molecular flexibility index (Phi) is 6.42. The Morgan fingerprint density at radius 2 is 1.86 bits per heavy atom. The summed E-state index contributed by atoms with van der Waals surface area (Å²) in [5.41, 5.74) is 1.20. The maximum Gasteiger partial charge on any atom is 0.326 e. The first-order valence-corrected chi connectivity index (χ1v) is 9.44. The molecule has 0 aliphatic rings. The van der Waals surface area contributed by atoms with Crippen molar-refractivity contribution in [3.8, 4) is 0 Å². The Bertz CT molecular complexity index is 1150. The Hall–Kier alpha value is -2.61. The second-order valence-corrected chi connectivity index (χ2v) is 7.35. The zero-order valence-electron chi connectivity index (χ0n) is 15.0. The number of rotatable bonds is 5. The van der Waals surface area contributed by atoms with E-state index in [2.05, 4.69) is 10.3 Å². The smallest absolute Gasteiger partial charge is 0.326 e. The standard InChI is InChI=1S/C19H14Cl3N3O4/c1-10-3-2-4-12-17(10)23-9-25(19(12)28)7-16(27)29-8-15(26)24-18-13(21)5-11(20)6-14(18)22/h2-6,9H,7-8H2,1H3,(H,24,26). The summed E-state index contributed by atoms with van der Waals surface area (Å²) in [5, 5.41) is 3.44. The highest BCUT2D eigenvalue weighted by atomic mass is 35.5. The van der Waals surface area contributed by atoms with E-state index in [4.69, 9.17) is 39.5 Å². The van der Waals surface area contributed by atoms with E-state index in [0.29, 0.717) is 15.9 Å². The van der Waals surface area contributed by atoms with Gasteiger partial charge >= 0.3 is 5.97 Å². The van der Waals surface area contributed by atoms with E-state index < -0.39 is 18.5 Å². The average molecular weight is 455 g/mol. The number of esters is 1. The average Bonchev–Trinajstić information content (AvgIpc) is 2.66. The van der Waals surface area contributed by atoms with Gasteiger partial charge in [-0.3, -0.25) is 19.0 Å². The minimum Gasteiger partial charge on any atom is -0.454 e. The Morgan fingerprint density at radius 3 is 2.55 bits per heavy atom. The second kappa shape index (κ2) is 8.82. The van der Waals surface area contributed by atoms with Crippen molar-refractivity contribution in [1.29, 1.82) is 0 Å². The van der Waals surface area contributed by atoms with Gasteiger partial charge in [-0.1, -0.05) is 46.9 Å². The summed E-state index contributed by atoms with van der Waals surface area (Å²) in [6, 6.07) is 8.04. The number of halogens is 3. The number of aromatic nitrogens is 2. The number of nitrogens with one attached hydrogen (secondary N) is 1. The summed E-state index contributed by atoms with van der Waals surface area (Å²) in [7, 11) is 0. The monoisotopic (exact) mass is 453 g/mol. The lowest BCUT2D eigenvalue weighted by molar-refractivity contribution is -0.147. The van der Waals surface area contributed by atoms with Gasteiger partial charge in [0.2, 0.25) is 0 Å². The first-order chi connectivity index (χ1) is 13.8. The number of aryl methyl sites for hydroxylation is 1. The molecular formula is C19H14Cl3N3O4. The number of carbonyl (C=O) groups excluding carboxylic acids is 2. The molecule has 29 heavy (non-hydrogen) atoms. The van der Waals surface area contributed by atoms with Gasteiger partial charge < -0.3 is 10.1 Å². The van der Waals surface area contributed by atoms with Gasteiger partial charge in [-0.2, -0.15) is 0 Å². The molecule has 0 unspecified atom stereocenters. The van der Waals surface area contributed by atoms with Gasteiger partial charge in [0.15, 0.2) is 6.61 Å². The van der Waals surface area contributed by atoms with E-state index in [1.165, 1.54) is 18.5 Å². The summed E-state index contributed by atoms with van der Waals surface area (Å²) in [4.78, 5) is 40.8. The third-order valence-electron chi connectivity index (χ3n) is 3.99. The minimum absolute atomic E-state index is 0.145. The highest BCUT2D eigenvalue weighted by Gasteiger charge is 2.14. The molecule has 3 rings (SSSR count). The van der Waals surface area contributed by atoms with E-state index in [-0.39, 0.29) is 27.8 Å². The van der Waals surface area contributed by atoms with E-state index in [9.17, 15) is 14.4 Å². The minimum atomic E-state index is -0.774. The lowest BCUT2D eigenvalue weighted by atomic mass is 10.1. The molecular weight excluding hydrogens is 441 g/mol. The third-order valence-corrected chi connectivity index (χ3v) is 4.80. The van der Waals surface area contributed by atoms with E-state index in [1.807, 2.05) is 13.0 Å². The van der Waals surface area contributed by atoms with Crippen LogP contribution in [0.15, 0.2) is 41.5 Å². The molecule has 1 aromatic heterocycles. The molecule has 0 saturated heterocycles. The number of hydrogen-bond acceptors (Lipinski definition) is 5. The van der Waals surface area contributed by atoms with Crippen molar-refractivity contribution in [2.45, 2.75) is 13.5 Å². The number of fused-ring (bicyclic) bond motifs is 1. The zero-order chi connectivity index (χ0) is 21.1. The lowest BCUT2D eigenvalue weighted by Gasteiger charge is -2.11. The van der Waals surface area contributed by atoms with Crippen LogP contribution in [0.25, 0.3) is 10.9 Å². The number of hydrogen-bond donors (Lipinski definition) is 1. The zero-order valence-corrected chi connectivity index (χ0v) is 17.3. The van der Waals surface area contributed by atoms with Gasteiger partial charge in [-0.05, 0) is 30.7 Å². The van der Waals surface area contributed by atoms with Gasteiger partial charge in [0.25, 0.3) is 11.5 Å². The fraction of sp³-hybridized carbons (Fsp3) is 0.158. The van der Waals surface area contributed by atoms with E-state index in [0.717, 1.165) is 10.1 Å². The van der Waals surface area contributed by atoms with Crippen molar-refractivity contribution in [3.63, 3.8) is 0 Å². The molecule has 0 aliphatic carbocycles. The number of amides is 1. The quantitative estimate of drug-likeness (QED) is 0.592. The number of ether oxygens (including phenoxy) is 1. The number of para-hydroxylation sites is 1. The van der Waals surface area contributed by atoms with Crippen LogP contribution in [-0.2, 0) is 20.9 Å². The first-order valence-electron chi connectivity index (χ1n) is 8.31. The molecule has 150 valence electrons. The van der Waals surface area contributed by atoms with Gasteiger partial charge in [-0.25, -0.2) is 4.98 Å². The van der Waals surface area contributed by atoms with Crippen LogP contribution in [0.4, 0.5) is 5.69 Å². The van der Waals surface area contributed by atoms with Crippen LogP contribution in [0.1, 0.15) is 5.56 Å². The van der Waals surface area contributed by atoms with Crippen molar-refractivity contribution < 1.29 is 14.3 Å². The van der Waals surface area contributed by atoms with E-state index in [1.54, 1.807) is 12.1 Å². The predicted molar refractivity (Wildman–Crippen MR) is 112 cm³/mol. The largest absolute Gasteiger partial charge is 0.454 e. The fourth-order valence-electron chi connectivity index (χ4n) is 2.62. The SMILES string of the molecule is Cc1cccc2c(=O)n(CC(=O)OCC(=O)Nc3c(Cl)cc(Cl)cc3Cl)cnc12. The molecule has 0 spiro atoms. The summed E-state index contributed by atoms with van der Waals surface area (Å²) in [5.74, 6) is -1.42. The maximum atomic E-state index is 12.5. The number of nitrogens with zero attached hydrogens (tertiary/aromatic N) is 2. The summed E-state index contributed by atoms with van der Waals surface area (Å²) in [6.45, 7) is 0.875. The van der Waals surface area contributed by atoms with Crippen molar-refractivity contribution in [3.05, 3.63) is 67.6 Å². The summed E-state index contributed by atoms with van der Waals surface area (Å²) in [6.07, 6.45) is 1.27. The van der Waals surface area contributed by atoms with Gasteiger partial charge in [0.1, 0.15) is 6.54 Å². The Morgan fingerprint density at radius 1 is 1.17 bits per heavy atom. The van der Waals surface area contributed by atoms with Gasteiger partial charge in [-0.15, -0.1) is 0 Å².